The minimum absolute atomic E-state index is 0.134. The molecule has 0 aliphatic heterocycles. The summed E-state index contributed by atoms with van der Waals surface area (Å²) in [5.41, 5.74) is 0. The molecule has 0 amide bonds. The van der Waals surface area contributed by atoms with Gasteiger partial charge in [-0.15, -0.1) is 0 Å². The van der Waals surface area contributed by atoms with Crippen molar-refractivity contribution in [3.63, 3.8) is 0 Å². The van der Waals surface area contributed by atoms with Crippen molar-refractivity contribution < 1.29 is 4.79 Å². The van der Waals surface area contributed by atoms with E-state index in [9.17, 15) is 4.79 Å². The summed E-state index contributed by atoms with van der Waals surface area (Å²) in [7, 11) is 0. The van der Waals surface area contributed by atoms with Crippen molar-refractivity contribution in [2.24, 2.45) is 5.92 Å². The molecule has 0 saturated heterocycles. The minimum Gasteiger partial charge on any atom is -0.360 e. The zero-order valence-corrected chi connectivity index (χ0v) is 9.53. The molecule has 0 radical (unpaired) electrons. The zero-order chi connectivity index (χ0) is 11.3. The van der Waals surface area contributed by atoms with Crippen LogP contribution in [0.25, 0.3) is 0 Å². The van der Waals surface area contributed by atoms with Crippen LogP contribution in [0, 0.1) is 5.92 Å². The highest BCUT2D eigenvalue weighted by Crippen LogP contribution is 2.11. The number of nitrogens with zero attached hydrogens (tertiary/aromatic N) is 1. The van der Waals surface area contributed by atoms with E-state index in [-0.39, 0.29) is 17.7 Å². The third-order valence-electron chi connectivity index (χ3n) is 2.33. The molecule has 0 aliphatic carbocycles. The first-order valence-electron chi connectivity index (χ1n) is 5.35. The lowest BCUT2D eigenvalue weighted by molar-refractivity contribution is -0.120. The number of hydrogen-bond donors (Lipinski definition) is 1. The fraction of sp³-hybridized carbons (Fsp3) is 0.500. The lowest BCUT2D eigenvalue weighted by Gasteiger charge is -2.20. The van der Waals surface area contributed by atoms with Gasteiger partial charge in [-0.3, -0.25) is 4.79 Å². The van der Waals surface area contributed by atoms with Crippen LogP contribution in [0.4, 0.5) is 5.82 Å². The molecule has 0 spiro atoms. The molecule has 1 unspecified atom stereocenters. The van der Waals surface area contributed by atoms with E-state index in [4.69, 9.17) is 0 Å². The molecular weight excluding hydrogens is 188 g/mol. The van der Waals surface area contributed by atoms with Gasteiger partial charge in [0, 0.05) is 12.6 Å². The lowest BCUT2D eigenvalue weighted by Crippen LogP contribution is -2.34. The summed E-state index contributed by atoms with van der Waals surface area (Å²) in [6, 6.07) is 5.50. The molecule has 1 aromatic heterocycles. The largest absolute Gasteiger partial charge is 0.360 e. The first-order valence-corrected chi connectivity index (χ1v) is 5.35. The van der Waals surface area contributed by atoms with Crippen LogP contribution in [0.15, 0.2) is 24.4 Å². The van der Waals surface area contributed by atoms with E-state index in [0.29, 0.717) is 6.42 Å². The molecule has 82 valence electrons. The number of carbonyl (C=O) groups excluding carboxylic acids is 1. The topological polar surface area (TPSA) is 42.0 Å². The van der Waals surface area contributed by atoms with Crippen LogP contribution in [0.1, 0.15) is 27.2 Å². The van der Waals surface area contributed by atoms with Gasteiger partial charge in [-0.25, -0.2) is 4.98 Å². The van der Waals surface area contributed by atoms with Gasteiger partial charge in [0.25, 0.3) is 0 Å². The van der Waals surface area contributed by atoms with Gasteiger partial charge in [0.15, 0.2) is 5.78 Å². The van der Waals surface area contributed by atoms with Crippen LogP contribution >= 0.6 is 0 Å². The summed E-state index contributed by atoms with van der Waals surface area (Å²) in [6.45, 7) is 5.96. The highest BCUT2D eigenvalue weighted by Gasteiger charge is 2.20. The third kappa shape index (κ3) is 3.35. The number of pyridine rings is 1. The standard InChI is InChI=1S/C12H18N2O/c1-4-10(15)12(9(2)3)14-11-7-5-6-8-13-11/h5-9,12H,4H2,1-3H3,(H,13,14). The van der Waals surface area contributed by atoms with Crippen LogP contribution in [-0.4, -0.2) is 16.8 Å². The van der Waals surface area contributed by atoms with E-state index in [0.717, 1.165) is 5.82 Å². The molecule has 15 heavy (non-hydrogen) atoms. The summed E-state index contributed by atoms with van der Waals surface area (Å²) in [4.78, 5) is 15.8. The first kappa shape index (κ1) is 11.7. The number of nitrogens with one attached hydrogen (secondary N) is 1. The summed E-state index contributed by atoms with van der Waals surface area (Å²) in [5, 5.41) is 3.17. The molecule has 0 saturated carbocycles. The summed E-state index contributed by atoms with van der Waals surface area (Å²) >= 11 is 0. The van der Waals surface area contributed by atoms with E-state index < -0.39 is 0 Å². The maximum atomic E-state index is 11.7. The molecule has 3 heteroatoms. The van der Waals surface area contributed by atoms with Crippen molar-refractivity contribution in [2.75, 3.05) is 5.32 Å². The second-order valence-corrected chi connectivity index (χ2v) is 3.90. The van der Waals surface area contributed by atoms with Crippen LogP contribution in [-0.2, 0) is 4.79 Å². The number of carbonyl (C=O) groups is 1. The van der Waals surface area contributed by atoms with Gasteiger partial charge in [-0.05, 0) is 18.1 Å². The van der Waals surface area contributed by atoms with E-state index >= 15 is 0 Å². The van der Waals surface area contributed by atoms with Crippen LogP contribution in [0.3, 0.4) is 0 Å². The minimum atomic E-state index is -0.134. The molecule has 3 nitrogen and oxygen atoms in total. The molecular formula is C12H18N2O. The van der Waals surface area contributed by atoms with Gasteiger partial charge in [0.2, 0.25) is 0 Å². The maximum Gasteiger partial charge on any atom is 0.155 e. The van der Waals surface area contributed by atoms with Gasteiger partial charge in [-0.1, -0.05) is 26.8 Å². The van der Waals surface area contributed by atoms with Gasteiger partial charge in [-0.2, -0.15) is 0 Å². The van der Waals surface area contributed by atoms with Crippen LogP contribution in [0.2, 0.25) is 0 Å². The van der Waals surface area contributed by atoms with E-state index in [1.54, 1.807) is 6.20 Å². The van der Waals surface area contributed by atoms with Crippen molar-refractivity contribution in [3.8, 4) is 0 Å². The molecule has 1 aromatic rings. The molecule has 0 aliphatic rings. The van der Waals surface area contributed by atoms with Gasteiger partial charge >= 0.3 is 0 Å². The number of anilines is 1. The Morgan fingerprint density at radius 2 is 2.20 bits per heavy atom. The number of aromatic nitrogens is 1. The molecule has 1 rings (SSSR count). The molecule has 1 heterocycles. The molecule has 0 aromatic carbocycles. The van der Waals surface area contributed by atoms with Crippen molar-refractivity contribution in [1.29, 1.82) is 0 Å². The van der Waals surface area contributed by atoms with Gasteiger partial charge < -0.3 is 5.32 Å². The highest BCUT2D eigenvalue weighted by atomic mass is 16.1. The van der Waals surface area contributed by atoms with Crippen LogP contribution < -0.4 is 5.32 Å². The number of Topliss-reactive ketones (excluding diaryl/α,β-unsaturated/α-hetero) is 1. The van der Waals surface area contributed by atoms with E-state index in [2.05, 4.69) is 10.3 Å². The van der Waals surface area contributed by atoms with Crippen LogP contribution in [0.5, 0.6) is 0 Å². The predicted molar refractivity (Wildman–Crippen MR) is 61.8 cm³/mol. The molecule has 1 atom stereocenters. The maximum absolute atomic E-state index is 11.7. The Bertz CT molecular complexity index is 309. The SMILES string of the molecule is CCC(=O)C(Nc1ccccn1)C(C)C. The van der Waals surface area contributed by atoms with E-state index in [1.807, 2.05) is 39.0 Å². The molecule has 0 fully saturated rings. The van der Waals surface area contributed by atoms with Crippen molar-refractivity contribution in [2.45, 2.75) is 33.2 Å². The number of ketones is 1. The fourth-order valence-corrected chi connectivity index (χ4v) is 1.45. The van der Waals surface area contributed by atoms with E-state index in [1.165, 1.54) is 0 Å². The average Bonchev–Trinajstić information content (AvgIpc) is 2.26. The Balaban J connectivity index is 2.72. The van der Waals surface area contributed by atoms with Gasteiger partial charge in [0.1, 0.15) is 5.82 Å². The predicted octanol–water partition coefficient (Wildman–Crippen LogP) is 2.50. The van der Waals surface area contributed by atoms with Crippen molar-refractivity contribution in [1.82, 2.24) is 4.98 Å². The second kappa shape index (κ2) is 5.49. The Hall–Kier alpha value is -1.38. The third-order valence-corrected chi connectivity index (χ3v) is 2.33. The molecule has 0 bridgehead atoms. The zero-order valence-electron chi connectivity index (χ0n) is 9.53. The summed E-state index contributed by atoms with van der Waals surface area (Å²) < 4.78 is 0. The highest BCUT2D eigenvalue weighted by molar-refractivity contribution is 5.86. The Labute approximate surface area is 90.9 Å². The second-order valence-electron chi connectivity index (χ2n) is 3.90. The number of hydrogen-bond acceptors (Lipinski definition) is 3. The lowest BCUT2D eigenvalue weighted by atomic mass is 9.98. The average molecular weight is 206 g/mol. The Kier molecular flexibility index (Phi) is 4.28. The van der Waals surface area contributed by atoms with Crippen molar-refractivity contribution >= 4 is 11.6 Å². The summed E-state index contributed by atoms with van der Waals surface area (Å²) in [6.07, 6.45) is 2.28. The van der Waals surface area contributed by atoms with Gasteiger partial charge in [0.05, 0.1) is 6.04 Å². The van der Waals surface area contributed by atoms with Crippen molar-refractivity contribution in [3.05, 3.63) is 24.4 Å². The first-order chi connectivity index (χ1) is 7.15. The fourth-order valence-electron chi connectivity index (χ4n) is 1.45. The Morgan fingerprint density at radius 3 is 2.67 bits per heavy atom. The molecule has 1 N–H and O–H groups in total. The monoisotopic (exact) mass is 206 g/mol. The normalized spacial score (nSPS) is 12.5. The number of rotatable bonds is 5. The smallest absolute Gasteiger partial charge is 0.155 e. The summed E-state index contributed by atoms with van der Waals surface area (Å²) in [5.74, 6) is 1.27. The Morgan fingerprint density at radius 1 is 1.47 bits per heavy atom. The quantitative estimate of drug-likeness (QED) is 0.804.